The molecular weight excluding hydrogens is 549 g/mol. The Hall–Kier alpha value is -3.47. The number of nitrogens with zero attached hydrogens (tertiary/aromatic N) is 3. The van der Waals surface area contributed by atoms with E-state index in [1.807, 2.05) is 49.6 Å². The summed E-state index contributed by atoms with van der Waals surface area (Å²) in [5.41, 5.74) is 5.23. The highest BCUT2D eigenvalue weighted by molar-refractivity contribution is 7.99. The van der Waals surface area contributed by atoms with Gasteiger partial charge in [-0.2, -0.15) is 0 Å². The number of nitrogens with one attached hydrogen (secondary N) is 1. The molecule has 0 spiro atoms. The van der Waals surface area contributed by atoms with E-state index >= 15 is 0 Å². The number of rotatable bonds is 8. The summed E-state index contributed by atoms with van der Waals surface area (Å²) in [6.45, 7) is 8.17. The van der Waals surface area contributed by atoms with Gasteiger partial charge in [-0.3, -0.25) is 9.36 Å². The van der Waals surface area contributed by atoms with Crippen molar-refractivity contribution in [2.45, 2.75) is 38.9 Å². The molecule has 0 fully saturated rings. The minimum atomic E-state index is -0.484. The van der Waals surface area contributed by atoms with E-state index in [0.717, 1.165) is 39.0 Å². The number of carbonyl (C=O) groups excluding carboxylic acids is 2. The Balaban J connectivity index is 1.38. The topological polar surface area (TPSA) is 86.1 Å². The molecule has 10 heteroatoms. The molecule has 200 valence electrons. The fourth-order valence-electron chi connectivity index (χ4n) is 4.45. The van der Waals surface area contributed by atoms with Crippen LogP contribution in [0.4, 0.5) is 5.00 Å². The molecule has 0 atom stereocenters. The van der Waals surface area contributed by atoms with E-state index < -0.39 is 5.97 Å². The molecule has 1 amide bonds. The second kappa shape index (κ2) is 11.3. The number of methoxy groups -OCH3 is 1. The standard InChI is InChI=1S/C29H28N4O3S3/c1-16(2)33-26(22-14-37-23-9-7-6-8-19(22)23)31-32-29(33)39-15-24(34)30-27-25(28(35)36-5)21(13-38-27)20-12-17(3)10-11-18(20)4/h6-14,16H,15H2,1-5H3,(H,30,34). The molecule has 0 saturated carbocycles. The van der Waals surface area contributed by atoms with Crippen molar-refractivity contribution in [3.63, 3.8) is 0 Å². The minimum Gasteiger partial charge on any atom is -0.465 e. The number of aromatic nitrogens is 3. The SMILES string of the molecule is COC(=O)c1c(-c2cc(C)ccc2C)csc1NC(=O)CSc1nnc(-c2csc3ccccc23)n1C(C)C. The summed E-state index contributed by atoms with van der Waals surface area (Å²) >= 11 is 4.32. The first-order chi connectivity index (χ1) is 18.8. The van der Waals surface area contributed by atoms with Crippen LogP contribution >= 0.6 is 34.4 Å². The lowest BCUT2D eigenvalue weighted by Gasteiger charge is -2.13. The molecule has 0 unspecified atom stereocenters. The number of amides is 1. The molecule has 0 aliphatic carbocycles. The number of fused-ring (bicyclic) bond motifs is 1. The van der Waals surface area contributed by atoms with Gasteiger partial charge in [0.1, 0.15) is 10.6 Å². The van der Waals surface area contributed by atoms with Gasteiger partial charge in [0, 0.05) is 38.0 Å². The van der Waals surface area contributed by atoms with E-state index in [-0.39, 0.29) is 17.7 Å². The third-order valence-electron chi connectivity index (χ3n) is 6.35. The highest BCUT2D eigenvalue weighted by Gasteiger charge is 2.24. The smallest absolute Gasteiger partial charge is 0.341 e. The van der Waals surface area contributed by atoms with Gasteiger partial charge in [-0.05, 0) is 44.9 Å². The van der Waals surface area contributed by atoms with Crippen molar-refractivity contribution in [3.05, 3.63) is 69.9 Å². The van der Waals surface area contributed by atoms with Crippen LogP contribution in [0.1, 0.15) is 41.4 Å². The number of esters is 1. The van der Waals surface area contributed by atoms with Crippen molar-refractivity contribution >= 4 is 61.4 Å². The van der Waals surface area contributed by atoms with Crippen LogP contribution in [-0.4, -0.2) is 39.5 Å². The zero-order valence-corrected chi connectivity index (χ0v) is 24.7. The first-order valence-electron chi connectivity index (χ1n) is 12.4. The Labute approximate surface area is 239 Å². The summed E-state index contributed by atoms with van der Waals surface area (Å²) in [6.07, 6.45) is 0. The van der Waals surface area contributed by atoms with Crippen molar-refractivity contribution in [1.29, 1.82) is 0 Å². The van der Waals surface area contributed by atoms with Crippen LogP contribution in [-0.2, 0) is 9.53 Å². The third-order valence-corrected chi connectivity index (χ3v) is 9.15. The van der Waals surface area contributed by atoms with E-state index in [4.69, 9.17) is 4.74 Å². The monoisotopic (exact) mass is 576 g/mol. The molecule has 0 aliphatic rings. The van der Waals surface area contributed by atoms with Crippen molar-refractivity contribution < 1.29 is 14.3 Å². The number of carbonyl (C=O) groups is 2. The van der Waals surface area contributed by atoms with Crippen LogP contribution in [0.25, 0.3) is 32.6 Å². The molecule has 39 heavy (non-hydrogen) atoms. The van der Waals surface area contributed by atoms with Gasteiger partial charge in [-0.25, -0.2) is 4.79 Å². The lowest BCUT2D eigenvalue weighted by atomic mass is 9.97. The lowest BCUT2D eigenvalue weighted by molar-refractivity contribution is -0.113. The van der Waals surface area contributed by atoms with Crippen LogP contribution in [0.3, 0.4) is 0 Å². The average molecular weight is 577 g/mol. The van der Waals surface area contributed by atoms with Gasteiger partial charge in [0.25, 0.3) is 0 Å². The molecule has 1 N–H and O–H groups in total. The van der Waals surface area contributed by atoms with Crippen molar-refractivity contribution in [2.24, 2.45) is 0 Å². The molecule has 0 aliphatic heterocycles. The van der Waals surface area contributed by atoms with E-state index in [9.17, 15) is 9.59 Å². The van der Waals surface area contributed by atoms with Crippen LogP contribution in [0.15, 0.2) is 58.4 Å². The van der Waals surface area contributed by atoms with Gasteiger partial charge in [0.15, 0.2) is 11.0 Å². The predicted molar refractivity (Wildman–Crippen MR) is 161 cm³/mol. The molecule has 7 nitrogen and oxygen atoms in total. The van der Waals surface area contributed by atoms with Gasteiger partial charge >= 0.3 is 5.97 Å². The maximum absolute atomic E-state index is 13.1. The molecule has 3 heterocycles. The number of anilines is 1. The number of hydrogen-bond acceptors (Lipinski definition) is 8. The lowest BCUT2D eigenvalue weighted by Crippen LogP contribution is -2.16. The van der Waals surface area contributed by atoms with Crippen molar-refractivity contribution in [2.75, 3.05) is 18.2 Å². The summed E-state index contributed by atoms with van der Waals surface area (Å²) in [5, 5.41) is 18.1. The van der Waals surface area contributed by atoms with Crippen molar-refractivity contribution in [3.8, 4) is 22.5 Å². The number of ether oxygens (including phenoxy) is 1. The zero-order valence-electron chi connectivity index (χ0n) is 22.3. The number of thiophene rings is 2. The molecule has 5 aromatic rings. The minimum absolute atomic E-state index is 0.0996. The van der Waals surface area contributed by atoms with Gasteiger partial charge in [0.2, 0.25) is 5.91 Å². The van der Waals surface area contributed by atoms with Gasteiger partial charge in [-0.1, -0.05) is 53.7 Å². The maximum Gasteiger partial charge on any atom is 0.341 e. The number of hydrogen-bond donors (Lipinski definition) is 1. The molecule has 5 rings (SSSR count). The van der Waals surface area contributed by atoms with Crippen LogP contribution in [0.5, 0.6) is 0 Å². The Morgan fingerprint density at radius 3 is 2.56 bits per heavy atom. The van der Waals surface area contributed by atoms with E-state index in [2.05, 4.69) is 51.4 Å². The highest BCUT2D eigenvalue weighted by atomic mass is 32.2. The Morgan fingerprint density at radius 1 is 1.03 bits per heavy atom. The summed E-state index contributed by atoms with van der Waals surface area (Å²) in [4.78, 5) is 25.9. The summed E-state index contributed by atoms with van der Waals surface area (Å²) in [7, 11) is 1.35. The summed E-state index contributed by atoms with van der Waals surface area (Å²) < 4.78 is 8.34. The molecule has 0 saturated heterocycles. The molecule has 3 aromatic heterocycles. The molecule has 2 aromatic carbocycles. The second-order valence-corrected chi connectivity index (χ2v) is 12.1. The summed E-state index contributed by atoms with van der Waals surface area (Å²) in [6, 6.07) is 14.4. The highest BCUT2D eigenvalue weighted by Crippen LogP contribution is 2.39. The van der Waals surface area contributed by atoms with Gasteiger partial charge in [-0.15, -0.1) is 32.9 Å². The maximum atomic E-state index is 13.1. The number of thioether (sulfide) groups is 1. The zero-order chi connectivity index (χ0) is 27.7. The second-order valence-electron chi connectivity index (χ2n) is 9.42. The Kier molecular flexibility index (Phi) is 7.88. The third kappa shape index (κ3) is 5.36. The normalized spacial score (nSPS) is 11.3. The predicted octanol–water partition coefficient (Wildman–Crippen LogP) is 7.60. The van der Waals surface area contributed by atoms with Crippen LogP contribution < -0.4 is 5.32 Å². The quantitative estimate of drug-likeness (QED) is 0.151. The number of benzene rings is 2. The van der Waals surface area contributed by atoms with Gasteiger partial charge in [0.05, 0.1) is 12.9 Å². The largest absolute Gasteiger partial charge is 0.465 e. The Bertz CT molecular complexity index is 1680. The van der Waals surface area contributed by atoms with Crippen LogP contribution in [0, 0.1) is 13.8 Å². The fourth-order valence-corrected chi connectivity index (χ4v) is 7.22. The first-order valence-corrected chi connectivity index (χ1v) is 15.1. The molecule has 0 bridgehead atoms. The fraction of sp³-hybridized carbons (Fsp3) is 0.241. The van der Waals surface area contributed by atoms with Crippen molar-refractivity contribution in [1.82, 2.24) is 14.8 Å². The van der Waals surface area contributed by atoms with E-state index in [1.165, 1.54) is 34.9 Å². The number of aryl methyl sites for hydroxylation is 2. The van der Waals surface area contributed by atoms with E-state index in [0.29, 0.717) is 15.7 Å². The van der Waals surface area contributed by atoms with Gasteiger partial charge < -0.3 is 10.1 Å². The first kappa shape index (κ1) is 27.1. The average Bonchev–Trinajstić information content (AvgIpc) is 3.65. The summed E-state index contributed by atoms with van der Waals surface area (Å²) in [5.74, 6) is 0.185. The molecule has 0 radical (unpaired) electrons. The van der Waals surface area contributed by atoms with E-state index in [1.54, 1.807) is 11.3 Å². The molecular formula is C29H28N4O3S3. The van der Waals surface area contributed by atoms with Crippen LogP contribution in [0.2, 0.25) is 0 Å². The Morgan fingerprint density at radius 2 is 1.79 bits per heavy atom.